The van der Waals surface area contributed by atoms with Crippen molar-refractivity contribution in [2.45, 2.75) is 69.9 Å². The maximum Gasteiger partial charge on any atom is 0.0559 e. The number of fused-ring (bicyclic) bond motifs is 3. The van der Waals surface area contributed by atoms with Crippen LogP contribution in [0, 0.1) is 5.92 Å². The van der Waals surface area contributed by atoms with Gasteiger partial charge in [0, 0.05) is 28.7 Å². The lowest BCUT2D eigenvalue weighted by molar-refractivity contribution is 0.546. The first kappa shape index (κ1) is 23.6. The summed E-state index contributed by atoms with van der Waals surface area (Å²) in [6.45, 7) is 0. The monoisotopic (exact) mass is 498 g/mol. The standard InChI is InChI=1S/C36H38N2/c1-3-11-29(12-4-1)37(30-13-5-2-6-14-30)31-23-19-27(20-24-31)28-21-25-32(26-22-28)38-35-17-9-7-15-33(35)34-16-8-10-18-36(34)38/h1-6,9,11-13,17,19,21-25,27,30,32H,7-8,10,14-16,18,20,26H2. The fourth-order valence-electron chi connectivity index (χ4n) is 7.19. The van der Waals surface area contributed by atoms with E-state index in [0.717, 1.165) is 19.3 Å². The van der Waals surface area contributed by atoms with E-state index >= 15 is 0 Å². The Hall–Kier alpha value is -3.52. The molecule has 2 aromatic rings. The van der Waals surface area contributed by atoms with Crippen molar-refractivity contribution in [3.8, 4) is 0 Å². The number of anilines is 1. The third-order valence-electron chi connectivity index (χ3n) is 9.05. The minimum atomic E-state index is 0.358. The lowest BCUT2D eigenvalue weighted by atomic mass is 9.86. The van der Waals surface area contributed by atoms with Crippen LogP contribution < -0.4 is 4.90 Å². The number of allylic oxidation sites excluding steroid dienone is 10. The maximum atomic E-state index is 2.71. The lowest BCUT2D eigenvalue weighted by Gasteiger charge is -2.35. The number of para-hydroxylation sites is 1. The fourth-order valence-corrected chi connectivity index (χ4v) is 7.19. The molecule has 0 aliphatic heterocycles. The third-order valence-corrected chi connectivity index (χ3v) is 9.05. The quantitative estimate of drug-likeness (QED) is 0.401. The molecule has 2 heteroatoms. The van der Waals surface area contributed by atoms with Crippen molar-refractivity contribution in [2.24, 2.45) is 5.92 Å². The van der Waals surface area contributed by atoms with Gasteiger partial charge in [-0.25, -0.2) is 0 Å². The highest BCUT2D eigenvalue weighted by Gasteiger charge is 2.28. The van der Waals surface area contributed by atoms with E-state index in [0.29, 0.717) is 18.0 Å². The Morgan fingerprint density at radius 2 is 1.66 bits per heavy atom. The molecule has 5 aliphatic carbocycles. The first-order valence-electron chi connectivity index (χ1n) is 14.7. The Labute approximate surface area is 227 Å². The van der Waals surface area contributed by atoms with E-state index in [2.05, 4.69) is 113 Å². The normalized spacial score (nSPS) is 25.5. The zero-order chi connectivity index (χ0) is 25.3. The van der Waals surface area contributed by atoms with E-state index in [4.69, 9.17) is 0 Å². The second-order valence-corrected chi connectivity index (χ2v) is 11.3. The van der Waals surface area contributed by atoms with Crippen molar-refractivity contribution in [1.82, 2.24) is 4.57 Å². The molecule has 1 aromatic carbocycles. The van der Waals surface area contributed by atoms with Gasteiger partial charge in [-0.2, -0.15) is 0 Å². The van der Waals surface area contributed by atoms with Gasteiger partial charge in [0.1, 0.15) is 0 Å². The van der Waals surface area contributed by atoms with Gasteiger partial charge in [0.25, 0.3) is 0 Å². The molecular weight excluding hydrogens is 460 g/mol. The molecule has 0 saturated carbocycles. The molecule has 1 aromatic heterocycles. The zero-order valence-corrected chi connectivity index (χ0v) is 22.3. The van der Waals surface area contributed by atoms with E-state index in [9.17, 15) is 0 Å². The first-order chi connectivity index (χ1) is 18.9. The summed E-state index contributed by atoms with van der Waals surface area (Å²) >= 11 is 0. The van der Waals surface area contributed by atoms with Crippen molar-refractivity contribution in [3.63, 3.8) is 0 Å². The molecule has 0 amide bonds. The number of hydrogen-bond donors (Lipinski definition) is 0. The Balaban J connectivity index is 1.09. The maximum absolute atomic E-state index is 2.71. The molecule has 0 saturated heterocycles. The van der Waals surface area contributed by atoms with Crippen LogP contribution in [0.5, 0.6) is 0 Å². The SMILES string of the molecule is C1=CCC(N(C2=CCC(C3=CCC(n4c5c(c6c4CCCC6)CCC=C5)C=C3)C=C2)c2ccccc2)C=C1. The van der Waals surface area contributed by atoms with Crippen molar-refractivity contribution in [2.75, 3.05) is 4.90 Å². The summed E-state index contributed by atoms with van der Waals surface area (Å²) < 4.78 is 2.71. The topological polar surface area (TPSA) is 8.17 Å². The molecule has 0 bridgehead atoms. The van der Waals surface area contributed by atoms with Crippen LogP contribution in [0.25, 0.3) is 6.08 Å². The summed E-state index contributed by atoms with van der Waals surface area (Å²) in [5.41, 5.74) is 10.5. The Morgan fingerprint density at radius 3 is 2.45 bits per heavy atom. The highest BCUT2D eigenvalue weighted by molar-refractivity contribution is 5.60. The average Bonchev–Trinajstić information content (AvgIpc) is 3.33. The minimum Gasteiger partial charge on any atom is -0.337 e. The molecule has 0 fully saturated rings. The second kappa shape index (κ2) is 10.3. The van der Waals surface area contributed by atoms with Crippen LogP contribution in [0.3, 0.4) is 0 Å². The summed E-state index contributed by atoms with van der Waals surface area (Å²) in [6.07, 6.45) is 39.3. The minimum absolute atomic E-state index is 0.358. The summed E-state index contributed by atoms with van der Waals surface area (Å²) in [5, 5.41) is 0. The predicted octanol–water partition coefficient (Wildman–Crippen LogP) is 8.61. The lowest BCUT2D eigenvalue weighted by Crippen LogP contribution is -2.33. The van der Waals surface area contributed by atoms with E-state index in [1.54, 1.807) is 16.8 Å². The Kier molecular flexibility index (Phi) is 6.41. The van der Waals surface area contributed by atoms with Crippen LogP contribution in [0.4, 0.5) is 5.69 Å². The van der Waals surface area contributed by atoms with Crippen LogP contribution in [0.15, 0.2) is 108 Å². The summed E-state index contributed by atoms with van der Waals surface area (Å²) in [5.74, 6) is 0.461. The molecule has 192 valence electrons. The summed E-state index contributed by atoms with van der Waals surface area (Å²) in [6, 6.07) is 11.7. The van der Waals surface area contributed by atoms with Gasteiger partial charge in [-0.15, -0.1) is 0 Å². The van der Waals surface area contributed by atoms with E-state index < -0.39 is 0 Å². The van der Waals surface area contributed by atoms with Crippen molar-refractivity contribution >= 4 is 11.8 Å². The largest absolute Gasteiger partial charge is 0.337 e. The van der Waals surface area contributed by atoms with Gasteiger partial charge < -0.3 is 9.47 Å². The van der Waals surface area contributed by atoms with E-state index in [1.807, 2.05) is 0 Å². The molecule has 1 heterocycles. The smallest absolute Gasteiger partial charge is 0.0559 e. The molecular formula is C36H38N2. The van der Waals surface area contributed by atoms with Gasteiger partial charge in [0.2, 0.25) is 0 Å². The predicted molar refractivity (Wildman–Crippen MR) is 160 cm³/mol. The summed E-state index contributed by atoms with van der Waals surface area (Å²) in [4.78, 5) is 2.50. The van der Waals surface area contributed by atoms with Crippen LogP contribution in [0.2, 0.25) is 0 Å². The highest BCUT2D eigenvalue weighted by atomic mass is 15.2. The number of aromatic nitrogens is 1. The van der Waals surface area contributed by atoms with E-state index in [-0.39, 0.29) is 0 Å². The molecule has 0 spiro atoms. The molecule has 7 rings (SSSR count). The number of hydrogen-bond acceptors (Lipinski definition) is 1. The molecule has 0 N–H and O–H groups in total. The molecule has 5 aliphatic rings. The van der Waals surface area contributed by atoms with Gasteiger partial charge in [0.15, 0.2) is 0 Å². The van der Waals surface area contributed by atoms with Crippen LogP contribution in [-0.4, -0.2) is 10.6 Å². The van der Waals surface area contributed by atoms with Gasteiger partial charge in [-0.3, -0.25) is 0 Å². The second-order valence-electron chi connectivity index (χ2n) is 11.3. The van der Waals surface area contributed by atoms with Crippen LogP contribution in [-0.2, 0) is 19.3 Å². The van der Waals surface area contributed by atoms with Gasteiger partial charge in [-0.05, 0) is 98.8 Å². The number of nitrogens with zero attached hydrogens (tertiary/aromatic N) is 2. The molecule has 3 atom stereocenters. The van der Waals surface area contributed by atoms with Crippen molar-refractivity contribution in [1.29, 1.82) is 0 Å². The highest BCUT2D eigenvalue weighted by Crippen LogP contribution is 2.39. The van der Waals surface area contributed by atoms with Crippen molar-refractivity contribution < 1.29 is 0 Å². The fraction of sp³-hybridized carbons (Fsp3) is 0.333. The Bertz CT molecular complexity index is 1400. The van der Waals surface area contributed by atoms with Crippen LogP contribution in [0.1, 0.15) is 67.1 Å². The molecule has 2 nitrogen and oxygen atoms in total. The average molecular weight is 499 g/mol. The molecule has 3 unspecified atom stereocenters. The summed E-state index contributed by atoms with van der Waals surface area (Å²) in [7, 11) is 0. The van der Waals surface area contributed by atoms with E-state index in [1.165, 1.54) is 61.2 Å². The zero-order valence-electron chi connectivity index (χ0n) is 22.3. The number of benzene rings is 1. The first-order valence-corrected chi connectivity index (χ1v) is 14.7. The molecule has 0 radical (unpaired) electrons. The van der Waals surface area contributed by atoms with Gasteiger partial charge in [0.05, 0.1) is 12.1 Å². The number of rotatable bonds is 5. The third kappa shape index (κ3) is 4.30. The Morgan fingerprint density at radius 1 is 0.737 bits per heavy atom. The molecule has 38 heavy (non-hydrogen) atoms. The van der Waals surface area contributed by atoms with Crippen LogP contribution >= 0.6 is 0 Å². The van der Waals surface area contributed by atoms with Gasteiger partial charge in [-0.1, -0.05) is 79.0 Å². The van der Waals surface area contributed by atoms with Crippen molar-refractivity contribution in [3.05, 3.63) is 131 Å². The van der Waals surface area contributed by atoms with Gasteiger partial charge >= 0.3 is 0 Å².